The van der Waals surface area contributed by atoms with Crippen LogP contribution in [0.25, 0.3) is 10.9 Å². The van der Waals surface area contributed by atoms with Gasteiger partial charge in [0.1, 0.15) is 5.82 Å². The SMILES string of the molecule is CSc1ccc2[nH]c(=O)c(C(c3cccc(Cl)c3)C3(O)CCNC(c4ccc(F)cc4C)C3)cc2c1. The molecular formula is C29H28ClFN2O2S. The fraction of sp³-hybridized carbons (Fsp3) is 0.276. The zero-order valence-corrected chi connectivity index (χ0v) is 21.7. The lowest BCUT2D eigenvalue weighted by Crippen LogP contribution is -2.49. The van der Waals surface area contributed by atoms with Crippen molar-refractivity contribution in [2.45, 2.75) is 42.2 Å². The minimum Gasteiger partial charge on any atom is -0.389 e. The van der Waals surface area contributed by atoms with Crippen molar-refractivity contribution < 1.29 is 9.50 Å². The number of aromatic amines is 1. The summed E-state index contributed by atoms with van der Waals surface area (Å²) in [6.45, 7) is 2.43. The van der Waals surface area contributed by atoms with Crippen LogP contribution in [0.2, 0.25) is 5.02 Å². The number of benzene rings is 3. The number of thioether (sulfide) groups is 1. The summed E-state index contributed by atoms with van der Waals surface area (Å²) in [6.07, 6.45) is 2.82. The van der Waals surface area contributed by atoms with Gasteiger partial charge in [-0.2, -0.15) is 0 Å². The quantitative estimate of drug-likeness (QED) is 0.268. The maximum atomic E-state index is 13.8. The van der Waals surface area contributed by atoms with Gasteiger partial charge in [-0.15, -0.1) is 11.8 Å². The van der Waals surface area contributed by atoms with Crippen molar-refractivity contribution in [3.8, 4) is 0 Å². The fourth-order valence-corrected chi connectivity index (χ4v) is 6.16. The van der Waals surface area contributed by atoms with Crippen molar-refractivity contribution in [3.63, 3.8) is 0 Å². The highest BCUT2D eigenvalue weighted by Crippen LogP contribution is 2.44. The van der Waals surface area contributed by atoms with Crippen LogP contribution >= 0.6 is 23.4 Å². The van der Waals surface area contributed by atoms with E-state index < -0.39 is 11.5 Å². The van der Waals surface area contributed by atoms with Gasteiger partial charge in [-0.25, -0.2) is 4.39 Å². The highest BCUT2D eigenvalue weighted by atomic mass is 35.5. The van der Waals surface area contributed by atoms with Crippen LogP contribution in [0.4, 0.5) is 4.39 Å². The normalized spacial score (nSPS) is 21.0. The van der Waals surface area contributed by atoms with Gasteiger partial charge in [-0.05, 0) is 103 Å². The van der Waals surface area contributed by atoms with Gasteiger partial charge in [0.2, 0.25) is 0 Å². The van der Waals surface area contributed by atoms with Crippen LogP contribution in [0.3, 0.4) is 0 Å². The summed E-state index contributed by atoms with van der Waals surface area (Å²) < 4.78 is 13.8. The number of nitrogens with one attached hydrogen (secondary N) is 2. The average Bonchev–Trinajstić information content (AvgIpc) is 2.84. The van der Waals surface area contributed by atoms with Crippen molar-refractivity contribution in [3.05, 3.63) is 110 Å². The van der Waals surface area contributed by atoms with Crippen LogP contribution in [-0.4, -0.2) is 28.5 Å². The minimum absolute atomic E-state index is 0.186. The molecule has 0 spiro atoms. The summed E-state index contributed by atoms with van der Waals surface area (Å²) in [4.78, 5) is 17.6. The molecule has 3 unspecified atom stereocenters. The van der Waals surface area contributed by atoms with E-state index in [9.17, 15) is 14.3 Å². The summed E-state index contributed by atoms with van der Waals surface area (Å²) >= 11 is 8.01. The highest BCUT2D eigenvalue weighted by molar-refractivity contribution is 7.98. The van der Waals surface area contributed by atoms with Gasteiger partial charge in [0.25, 0.3) is 5.56 Å². The zero-order valence-electron chi connectivity index (χ0n) is 20.1. The Bertz CT molecular complexity index is 1490. The molecule has 3 aromatic carbocycles. The Kier molecular flexibility index (Phi) is 6.97. The second-order valence-electron chi connectivity index (χ2n) is 9.56. The Morgan fingerprint density at radius 1 is 1.14 bits per heavy atom. The summed E-state index contributed by atoms with van der Waals surface area (Å²) in [5, 5.41) is 17.2. The number of hydrogen-bond acceptors (Lipinski definition) is 4. The smallest absolute Gasteiger partial charge is 0.252 e. The van der Waals surface area contributed by atoms with Gasteiger partial charge in [-0.1, -0.05) is 29.8 Å². The lowest BCUT2D eigenvalue weighted by molar-refractivity contribution is -0.0194. The molecule has 1 aromatic heterocycles. The van der Waals surface area contributed by atoms with Crippen molar-refractivity contribution in [1.29, 1.82) is 0 Å². The van der Waals surface area contributed by atoms with Crippen LogP contribution < -0.4 is 10.9 Å². The number of pyridine rings is 1. The Hall–Kier alpha value is -2.64. The maximum absolute atomic E-state index is 13.8. The molecule has 1 fully saturated rings. The summed E-state index contributed by atoms with van der Waals surface area (Å²) in [6, 6.07) is 19.8. The van der Waals surface area contributed by atoms with E-state index in [1.165, 1.54) is 12.1 Å². The predicted octanol–water partition coefficient (Wildman–Crippen LogP) is 6.34. The van der Waals surface area contributed by atoms with E-state index >= 15 is 0 Å². The number of H-pyrrole nitrogens is 1. The molecule has 0 amide bonds. The maximum Gasteiger partial charge on any atom is 0.252 e. The Morgan fingerprint density at radius 3 is 2.72 bits per heavy atom. The van der Waals surface area contributed by atoms with Crippen LogP contribution in [0.5, 0.6) is 0 Å². The summed E-state index contributed by atoms with van der Waals surface area (Å²) in [7, 11) is 0. The highest BCUT2D eigenvalue weighted by Gasteiger charge is 2.44. The molecule has 1 aliphatic heterocycles. The van der Waals surface area contributed by atoms with Crippen LogP contribution in [0.1, 0.15) is 47.1 Å². The molecule has 0 aliphatic carbocycles. The van der Waals surface area contributed by atoms with Crippen LogP contribution in [0, 0.1) is 12.7 Å². The van der Waals surface area contributed by atoms with Gasteiger partial charge in [0, 0.05) is 33.0 Å². The third-order valence-electron chi connectivity index (χ3n) is 7.22. The molecule has 5 rings (SSSR count). The lowest BCUT2D eigenvalue weighted by Gasteiger charge is -2.43. The first-order valence-electron chi connectivity index (χ1n) is 12.0. The largest absolute Gasteiger partial charge is 0.389 e. The number of halogens is 2. The molecule has 4 aromatic rings. The van der Waals surface area contributed by atoms with Crippen molar-refractivity contribution in [1.82, 2.24) is 10.3 Å². The van der Waals surface area contributed by atoms with Gasteiger partial charge >= 0.3 is 0 Å². The Balaban J connectivity index is 1.65. The van der Waals surface area contributed by atoms with E-state index in [0.717, 1.165) is 32.5 Å². The van der Waals surface area contributed by atoms with E-state index in [4.69, 9.17) is 11.6 Å². The van der Waals surface area contributed by atoms with E-state index in [-0.39, 0.29) is 17.4 Å². The van der Waals surface area contributed by atoms with Gasteiger partial charge < -0.3 is 15.4 Å². The van der Waals surface area contributed by atoms with E-state index in [1.54, 1.807) is 23.9 Å². The van der Waals surface area contributed by atoms with Gasteiger partial charge in [-0.3, -0.25) is 4.79 Å². The molecule has 2 heterocycles. The first kappa shape index (κ1) is 25.0. The minimum atomic E-state index is -1.24. The van der Waals surface area contributed by atoms with E-state index in [2.05, 4.69) is 10.3 Å². The molecule has 3 N–H and O–H groups in total. The molecule has 186 valence electrons. The second-order valence-corrected chi connectivity index (χ2v) is 10.9. The van der Waals surface area contributed by atoms with Crippen molar-refractivity contribution >= 4 is 34.3 Å². The molecule has 7 heteroatoms. The number of aryl methyl sites for hydroxylation is 1. The summed E-state index contributed by atoms with van der Waals surface area (Å²) in [5.41, 5.74) is 2.34. The molecule has 4 nitrogen and oxygen atoms in total. The number of aromatic nitrogens is 1. The standard InChI is InChI=1S/C29H28ClFN2O2S/c1-17-12-21(31)6-8-23(17)26-16-29(35,10-11-32-26)27(18-4-3-5-20(30)13-18)24-15-19-14-22(36-2)7-9-25(19)33-28(24)34/h3-9,12-15,26-27,32,35H,10-11,16H2,1-2H3,(H,33,34). The molecule has 3 atom stereocenters. The summed E-state index contributed by atoms with van der Waals surface area (Å²) in [5.74, 6) is -0.890. The number of aliphatic hydroxyl groups is 1. The van der Waals surface area contributed by atoms with E-state index in [0.29, 0.717) is 30.0 Å². The second kappa shape index (κ2) is 10.0. The molecule has 0 bridgehead atoms. The van der Waals surface area contributed by atoms with Crippen LogP contribution in [-0.2, 0) is 0 Å². The molecule has 36 heavy (non-hydrogen) atoms. The number of fused-ring (bicyclic) bond motifs is 1. The Labute approximate surface area is 218 Å². The van der Waals surface area contributed by atoms with Gasteiger partial charge in [0.15, 0.2) is 0 Å². The third-order valence-corrected chi connectivity index (χ3v) is 8.18. The predicted molar refractivity (Wildman–Crippen MR) is 146 cm³/mol. The fourth-order valence-electron chi connectivity index (χ4n) is 5.51. The van der Waals surface area contributed by atoms with E-state index in [1.807, 2.05) is 55.6 Å². The number of hydrogen-bond donors (Lipinski definition) is 3. The topological polar surface area (TPSA) is 65.1 Å². The Morgan fingerprint density at radius 2 is 1.97 bits per heavy atom. The molecule has 1 saturated heterocycles. The van der Waals surface area contributed by atoms with Crippen molar-refractivity contribution in [2.75, 3.05) is 12.8 Å². The first-order valence-corrected chi connectivity index (χ1v) is 13.6. The molecule has 0 radical (unpaired) electrons. The molecule has 1 aliphatic rings. The first-order chi connectivity index (χ1) is 17.3. The monoisotopic (exact) mass is 522 g/mol. The number of rotatable bonds is 5. The van der Waals surface area contributed by atoms with Crippen molar-refractivity contribution in [2.24, 2.45) is 0 Å². The lowest BCUT2D eigenvalue weighted by atomic mass is 9.70. The average molecular weight is 523 g/mol. The number of piperidine rings is 1. The third kappa shape index (κ3) is 4.83. The molecular weight excluding hydrogens is 495 g/mol. The molecule has 0 saturated carbocycles. The zero-order chi connectivity index (χ0) is 25.4. The van der Waals surface area contributed by atoms with Crippen LogP contribution in [0.15, 0.2) is 76.4 Å². The van der Waals surface area contributed by atoms with Gasteiger partial charge in [0.05, 0.1) is 5.60 Å².